The molecule has 27 heavy (non-hydrogen) atoms. The van der Waals surface area contributed by atoms with E-state index >= 15 is 0 Å². The van der Waals surface area contributed by atoms with Crippen LogP contribution in [0.1, 0.15) is 56.4 Å². The fourth-order valence-electron chi connectivity index (χ4n) is 3.13. The molecule has 0 spiro atoms. The molecule has 1 aliphatic carbocycles. The Labute approximate surface area is 160 Å². The molecule has 2 aromatic rings. The van der Waals surface area contributed by atoms with Gasteiger partial charge >= 0.3 is 0 Å². The average molecular weight is 366 g/mol. The zero-order valence-electron chi connectivity index (χ0n) is 15.9. The molecule has 0 atom stereocenters. The van der Waals surface area contributed by atoms with E-state index in [2.05, 4.69) is 20.5 Å². The third-order valence-corrected chi connectivity index (χ3v) is 4.49. The summed E-state index contributed by atoms with van der Waals surface area (Å²) < 4.78 is 5.65. The molecule has 1 fully saturated rings. The Morgan fingerprint density at radius 3 is 2.63 bits per heavy atom. The van der Waals surface area contributed by atoms with Gasteiger partial charge in [0.05, 0.1) is 24.2 Å². The fourth-order valence-corrected chi connectivity index (χ4v) is 3.13. The predicted molar refractivity (Wildman–Crippen MR) is 106 cm³/mol. The van der Waals surface area contributed by atoms with Gasteiger partial charge in [-0.2, -0.15) is 5.10 Å². The Morgan fingerprint density at radius 1 is 1.19 bits per heavy atom. The van der Waals surface area contributed by atoms with Gasteiger partial charge < -0.3 is 4.74 Å². The molecule has 1 N–H and O–H groups in total. The second-order valence-electron chi connectivity index (χ2n) is 7.10. The Morgan fingerprint density at radius 2 is 1.93 bits per heavy atom. The van der Waals surface area contributed by atoms with Crippen LogP contribution >= 0.6 is 0 Å². The van der Waals surface area contributed by atoms with Crippen LogP contribution in [0.25, 0.3) is 11.3 Å². The monoisotopic (exact) mass is 366 g/mol. The standard InChI is InChI=1S/C21H26N4O2/c1-15(2)27-18-10-8-17(9-11-18)19-13-22-14-20(24-19)21(26)25-23-12-16-6-4-3-5-7-16/h8-16H,3-7H2,1-2H3,(H,25,26)/b23-12+. The molecule has 6 nitrogen and oxygen atoms in total. The normalized spacial score (nSPS) is 15.2. The van der Waals surface area contributed by atoms with Crippen LogP contribution in [-0.4, -0.2) is 28.2 Å². The van der Waals surface area contributed by atoms with E-state index in [1.807, 2.05) is 44.3 Å². The second-order valence-corrected chi connectivity index (χ2v) is 7.10. The van der Waals surface area contributed by atoms with Crippen LogP contribution in [0, 0.1) is 5.92 Å². The van der Waals surface area contributed by atoms with E-state index in [9.17, 15) is 4.79 Å². The van der Waals surface area contributed by atoms with E-state index in [1.165, 1.54) is 25.5 Å². The van der Waals surface area contributed by atoms with Crippen LogP contribution < -0.4 is 10.2 Å². The van der Waals surface area contributed by atoms with Gasteiger partial charge in [-0.15, -0.1) is 0 Å². The van der Waals surface area contributed by atoms with E-state index in [1.54, 1.807) is 6.20 Å². The largest absolute Gasteiger partial charge is 0.491 e. The Bertz CT molecular complexity index is 781. The highest BCUT2D eigenvalue weighted by Gasteiger charge is 2.12. The number of hydrogen-bond donors (Lipinski definition) is 1. The van der Waals surface area contributed by atoms with Gasteiger partial charge in [0.15, 0.2) is 0 Å². The molecular formula is C21H26N4O2. The number of carbonyl (C=O) groups is 1. The lowest BCUT2D eigenvalue weighted by molar-refractivity contribution is 0.0949. The van der Waals surface area contributed by atoms with Crippen molar-refractivity contribution in [2.24, 2.45) is 11.0 Å². The summed E-state index contributed by atoms with van der Waals surface area (Å²) in [6.45, 7) is 3.97. The van der Waals surface area contributed by atoms with Crippen molar-refractivity contribution >= 4 is 12.1 Å². The topological polar surface area (TPSA) is 76.5 Å². The Hall–Kier alpha value is -2.76. The lowest BCUT2D eigenvalue weighted by atomic mass is 9.90. The van der Waals surface area contributed by atoms with Crippen molar-refractivity contribution in [1.82, 2.24) is 15.4 Å². The molecule has 142 valence electrons. The number of ether oxygens (including phenoxy) is 1. The Kier molecular flexibility index (Phi) is 6.52. The third kappa shape index (κ3) is 5.61. The maximum atomic E-state index is 12.3. The molecule has 1 heterocycles. The molecule has 0 radical (unpaired) electrons. The SMILES string of the molecule is CC(C)Oc1ccc(-c2cncc(C(=O)N/N=C/C3CCCCC3)n2)cc1. The number of aromatic nitrogens is 2. The van der Waals surface area contributed by atoms with Crippen molar-refractivity contribution in [1.29, 1.82) is 0 Å². The van der Waals surface area contributed by atoms with Crippen molar-refractivity contribution in [2.45, 2.75) is 52.1 Å². The summed E-state index contributed by atoms with van der Waals surface area (Å²) in [7, 11) is 0. The van der Waals surface area contributed by atoms with Crippen LogP contribution in [0.15, 0.2) is 41.8 Å². The van der Waals surface area contributed by atoms with E-state index in [-0.39, 0.29) is 17.7 Å². The number of nitrogens with zero attached hydrogens (tertiary/aromatic N) is 3. The minimum absolute atomic E-state index is 0.122. The maximum absolute atomic E-state index is 12.3. The first-order valence-electron chi connectivity index (χ1n) is 9.54. The van der Waals surface area contributed by atoms with Crippen LogP contribution in [0.5, 0.6) is 5.75 Å². The van der Waals surface area contributed by atoms with Gasteiger partial charge in [-0.3, -0.25) is 9.78 Å². The highest BCUT2D eigenvalue weighted by Crippen LogP contribution is 2.22. The van der Waals surface area contributed by atoms with Gasteiger partial charge in [0.1, 0.15) is 11.4 Å². The number of carbonyl (C=O) groups excluding carboxylic acids is 1. The minimum atomic E-state index is -0.351. The maximum Gasteiger partial charge on any atom is 0.291 e. The van der Waals surface area contributed by atoms with Gasteiger partial charge in [0, 0.05) is 11.8 Å². The highest BCUT2D eigenvalue weighted by molar-refractivity contribution is 5.92. The average Bonchev–Trinajstić information content (AvgIpc) is 2.69. The van der Waals surface area contributed by atoms with Crippen LogP contribution in [-0.2, 0) is 0 Å². The van der Waals surface area contributed by atoms with Crippen molar-refractivity contribution in [3.63, 3.8) is 0 Å². The molecule has 6 heteroatoms. The molecule has 0 saturated heterocycles. The van der Waals surface area contributed by atoms with Gasteiger partial charge in [-0.05, 0) is 56.9 Å². The number of hydrazone groups is 1. The molecule has 1 amide bonds. The first-order valence-corrected chi connectivity index (χ1v) is 9.54. The van der Waals surface area contributed by atoms with Crippen LogP contribution in [0.2, 0.25) is 0 Å². The zero-order valence-corrected chi connectivity index (χ0v) is 15.9. The smallest absolute Gasteiger partial charge is 0.291 e. The van der Waals surface area contributed by atoms with Crippen LogP contribution in [0.4, 0.5) is 0 Å². The summed E-state index contributed by atoms with van der Waals surface area (Å²) in [6.07, 6.45) is 11.1. The first-order chi connectivity index (χ1) is 13.1. The van der Waals surface area contributed by atoms with Gasteiger partial charge in [-0.1, -0.05) is 19.3 Å². The molecule has 1 aromatic heterocycles. The molecule has 1 aliphatic rings. The summed E-state index contributed by atoms with van der Waals surface area (Å²) in [5, 5.41) is 4.10. The number of amides is 1. The quantitative estimate of drug-likeness (QED) is 0.613. The van der Waals surface area contributed by atoms with E-state index < -0.39 is 0 Å². The molecule has 0 aliphatic heterocycles. The predicted octanol–water partition coefficient (Wildman–Crippen LogP) is 4.23. The number of nitrogens with one attached hydrogen (secondary N) is 1. The minimum Gasteiger partial charge on any atom is -0.491 e. The molecule has 3 rings (SSSR count). The second kappa shape index (κ2) is 9.26. The van der Waals surface area contributed by atoms with E-state index in [0.717, 1.165) is 24.2 Å². The first kappa shape index (κ1) is 19.0. The zero-order chi connectivity index (χ0) is 19.1. The number of rotatable bonds is 6. The Balaban J connectivity index is 1.64. The van der Waals surface area contributed by atoms with Gasteiger partial charge in [0.2, 0.25) is 0 Å². The van der Waals surface area contributed by atoms with Crippen molar-refractivity contribution in [3.05, 3.63) is 42.4 Å². The summed E-state index contributed by atoms with van der Waals surface area (Å²) in [5.41, 5.74) is 4.32. The molecule has 1 aromatic carbocycles. The molecule has 0 unspecified atom stereocenters. The van der Waals surface area contributed by atoms with Gasteiger partial charge in [-0.25, -0.2) is 10.4 Å². The summed E-state index contributed by atoms with van der Waals surface area (Å²) in [4.78, 5) is 20.9. The van der Waals surface area contributed by atoms with Gasteiger partial charge in [0.25, 0.3) is 5.91 Å². The summed E-state index contributed by atoms with van der Waals surface area (Å²) in [5.74, 6) is 0.909. The van der Waals surface area contributed by atoms with Crippen molar-refractivity contribution in [3.8, 4) is 17.0 Å². The van der Waals surface area contributed by atoms with Crippen molar-refractivity contribution < 1.29 is 9.53 Å². The highest BCUT2D eigenvalue weighted by atomic mass is 16.5. The fraction of sp³-hybridized carbons (Fsp3) is 0.429. The molecule has 1 saturated carbocycles. The molecule has 0 bridgehead atoms. The van der Waals surface area contributed by atoms with Crippen LogP contribution in [0.3, 0.4) is 0 Å². The third-order valence-electron chi connectivity index (χ3n) is 4.49. The van der Waals surface area contributed by atoms with Crippen molar-refractivity contribution in [2.75, 3.05) is 0 Å². The lowest BCUT2D eigenvalue weighted by Crippen LogP contribution is -2.20. The summed E-state index contributed by atoms with van der Waals surface area (Å²) in [6, 6.07) is 7.59. The lowest BCUT2D eigenvalue weighted by Gasteiger charge is -2.16. The van der Waals surface area contributed by atoms with E-state index in [4.69, 9.17) is 4.74 Å². The van der Waals surface area contributed by atoms with E-state index in [0.29, 0.717) is 11.6 Å². The number of benzene rings is 1. The summed E-state index contributed by atoms with van der Waals surface area (Å²) >= 11 is 0. The molecular weight excluding hydrogens is 340 g/mol. The number of hydrogen-bond acceptors (Lipinski definition) is 5.